The molecule has 2 heterocycles. The highest BCUT2D eigenvalue weighted by Gasteiger charge is 2.52. The third-order valence-corrected chi connectivity index (χ3v) is 4.98. The first kappa shape index (κ1) is 17.3. The molecule has 0 amide bonds. The molecule has 1 saturated heterocycles. The molecule has 5 nitrogen and oxygen atoms in total. The standard InChI is InChI=1S/C15H23BO5S/c1-7-12(17)19-13-10(18-8-2)9-11(22-13)16-20-14(3,4)15(5,6)21-16/h9H,7-8H2,1-6H3. The highest BCUT2D eigenvalue weighted by molar-refractivity contribution is 7.24. The maximum Gasteiger partial charge on any atom is 0.505 e. The third kappa shape index (κ3) is 3.31. The van der Waals surface area contributed by atoms with Crippen LogP contribution in [0.3, 0.4) is 0 Å². The van der Waals surface area contributed by atoms with Gasteiger partial charge in [-0.25, -0.2) is 0 Å². The Morgan fingerprint density at radius 1 is 1.23 bits per heavy atom. The van der Waals surface area contributed by atoms with E-state index >= 15 is 0 Å². The zero-order valence-corrected chi connectivity index (χ0v) is 14.8. The first-order chi connectivity index (χ1) is 10.2. The summed E-state index contributed by atoms with van der Waals surface area (Å²) in [4.78, 5) is 11.5. The monoisotopic (exact) mass is 326 g/mol. The minimum absolute atomic E-state index is 0.289. The van der Waals surface area contributed by atoms with Gasteiger partial charge >= 0.3 is 13.1 Å². The van der Waals surface area contributed by atoms with Crippen LogP contribution in [0.4, 0.5) is 0 Å². The molecule has 0 aromatic carbocycles. The number of ether oxygens (including phenoxy) is 2. The minimum Gasteiger partial charge on any atom is -0.489 e. The molecule has 2 rings (SSSR count). The summed E-state index contributed by atoms with van der Waals surface area (Å²) in [6.07, 6.45) is 0.315. The van der Waals surface area contributed by atoms with Gasteiger partial charge in [0.05, 0.1) is 17.8 Å². The van der Waals surface area contributed by atoms with Gasteiger partial charge in [0.1, 0.15) is 0 Å². The summed E-state index contributed by atoms with van der Waals surface area (Å²) in [5.74, 6) is 0.266. The van der Waals surface area contributed by atoms with E-state index in [0.29, 0.717) is 23.8 Å². The molecular formula is C15H23BO5S. The molecule has 0 aliphatic carbocycles. The molecule has 0 atom stereocenters. The van der Waals surface area contributed by atoms with E-state index in [-0.39, 0.29) is 5.97 Å². The predicted molar refractivity (Wildman–Crippen MR) is 87.1 cm³/mol. The quantitative estimate of drug-likeness (QED) is 0.615. The first-order valence-electron chi connectivity index (χ1n) is 7.53. The van der Waals surface area contributed by atoms with E-state index in [4.69, 9.17) is 18.8 Å². The van der Waals surface area contributed by atoms with Crippen molar-refractivity contribution in [2.24, 2.45) is 0 Å². The van der Waals surface area contributed by atoms with Crippen molar-refractivity contribution in [1.82, 2.24) is 0 Å². The zero-order chi connectivity index (χ0) is 16.5. The topological polar surface area (TPSA) is 54.0 Å². The van der Waals surface area contributed by atoms with Crippen molar-refractivity contribution in [3.05, 3.63) is 6.07 Å². The molecule has 122 valence electrons. The van der Waals surface area contributed by atoms with Gasteiger partial charge < -0.3 is 18.8 Å². The van der Waals surface area contributed by atoms with Crippen molar-refractivity contribution in [3.8, 4) is 10.8 Å². The summed E-state index contributed by atoms with van der Waals surface area (Å²) in [7, 11) is -0.483. The molecule has 1 aliphatic heterocycles. The van der Waals surface area contributed by atoms with Crippen LogP contribution in [0.2, 0.25) is 0 Å². The van der Waals surface area contributed by atoms with Crippen LogP contribution in [0, 0.1) is 0 Å². The lowest BCUT2D eigenvalue weighted by atomic mass is 9.88. The second kappa shape index (κ2) is 6.22. The van der Waals surface area contributed by atoms with E-state index in [1.54, 1.807) is 6.92 Å². The average molecular weight is 326 g/mol. The van der Waals surface area contributed by atoms with Gasteiger partial charge in [0.2, 0.25) is 5.06 Å². The van der Waals surface area contributed by atoms with Gasteiger partial charge in [-0.2, -0.15) is 0 Å². The Balaban J connectivity index is 2.25. The van der Waals surface area contributed by atoms with Crippen LogP contribution in [0.1, 0.15) is 48.0 Å². The fourth-order valence-electron chi connectivity index (χ4n) is 1.95. The Labute approximate surface area is 136 Å². The Bertz CT molecular complexity index is 536. The molecule has 0 bridgehead atoms. The number of thiophene rings is 1. The van der Waals surface area contributed by atoms with Crippen LogP contribution in [-0.2, 0) is 14.1 Å². The fraction of sp³-hybridized carbons (Fsp3) is 0.667. The summed E-state index contributed by atoms with van der Waals surface area (Å²) in [6, 6.07) is 1.83. The molecule has 22 heavy (non-hydrogen) atoms. The average Bonchev–Trinajstić information content (AvgIpc) is 2.89. The molecular weight excluding hydrogens is 303 g/mol. The maximum atomic E-state index is 11.5. The van der Waals surface area contributed by atoms with Gasteiger partial charge in [0, 0.05) is 11.2 Å². The lowest BCUT2D eigenvalue weighted by Crippen LogP contribution is -2.41. The van der Waals surface area contributed by atoms with Gasteiger partial charge in [-0.3, -0.25) is 4.79 Å². The van der Waals surface area contributed by atoms with E-state index < -0.39 is 18.3 Å². The van der Waals surface area contributed by atoms with Gasteiger partial charge in [-0.1, -0.05) is 6.92 Å². The Morgan fingerprint density at radius 3 is 2.32 bits per heavy atom. The smallest absolute Gasteiger partial charge is 0.489 e. The number of carbonyl (C=O) groups is 1. The summed E-state index contributed by atoms with van der Waals surface area (Å²) in [5, 5.41) is 0.457. The van der Waals surface area contributed by atoms with Gasteiger partial charge in [-0.05, 0) is 40.7 Å². The van der Waals surface area contributed by atoms with Crippen molar-refractivity contribution in [3.63, 3.8) is 0 Å². The predicted octanol–water partition coefficient (Wildman–Crippen LogP) is 2.76. The van der Waals surface area contributed by atoms with Crippen LogP contribution in [0.15, 0.2) is 6.07 Å². The van der Waals surface area contributed by atoms with Crippen molar-refractivity contribution in [2.45, 2.75) is 59.2 Å². The second-order valence-corrected chi connectivity index (χ2v) is 7.20. The summed E-state index contributed by atoms with van der Waals surface area (Å²) in [5.41, 5.74) is -0.818. The number of esters is 1. The normalized spacial score (nSPS) is 19.3. The third-order valence-electron chi connectivity index (χ3n) is 3.97. The Kier molecular flexibility index (Phi) is 4.89. The van der Waals surface area contributed by atoms with Crippen molar-refractivity contribution in [1.29, 1.82) is 0 Å². The maximum absolute atomic E-state index is 11.5. The summed E-state index contributed by atoms with van der Waals surface area (Å²) in [6.45, 7) is 12.1. The molecule has 0 spiro atoms. The minimum atomic E-state index is -0.483. The summed E-state index contributed by atoms with van der Waals surface area (Å²) >= 11 is 1.32. The van der Waals surface area contributed by atoms with Gasteiger partial charge in [-0.15, -0.1) is 11.3 Å². The highest BCUT2D eigenvalue weighted by atomic mass is 32.1. The van der Waals surface area contributed by atoms with E-state index in [1.165, 1.54) is 11.3 Å². The largest absolute Gasteiger partial charge is 0.505 e. The fourth-order valence-corrected chi connectivity index (χ4v) is 2.88. The van der Waals surface area contributed by atoms with Gasteiger partial charge in [0.15, 0.2) is 5.75 Å². The number of hydrogen-bond donors (Lipinski definition) is 0. The molecule has 1 aromatic heterocycles. The Hall–Kier alpha value is -1.05. The number of rotatable bonds is 5. The van der Waals surface area contributed by atoms with Crippen LogP contribution >= 0.6 is 11.3 Å². The van der Waals surface area contributed by atoms with E-state index in [1.807, 2.05) is 40.7 Å². The summed E-state index contributed by atoms with van der Waals surface area (Å²) < 4.78 is 23.8. The van der Waals surface area contributed by atoms with Crippen molar-refractivity contribution >= 4 is 29.2 Å². The van der Waals surface area contributed by atoms with E-state index in [2.05, 4.69) is 0 Å². The molecule has 1 aromatic rings. The SMILES string of the molecule is CCOc1cc(B2OC(C)(C)C(C)(C)O2)sc1OC(=O)CC. The molecule has 0 N–H and O–H groups in total. The molecule has 0 saturated carbocycles. The number of carbonyl (C=O) groups excluding carboxylic acids is 1. The lowest BCUT2D eigenvalue weighted by molar-refractivity contribution is -0.133. The Morgan fingerprint density at radius 2 is 1.82 bits per heavy atom. The van der Waals surface area contributed by atoms with Crippen LogP contribution in [0.25, 0.3) is 0 Å². The van der Waals surface area contributed by atoms with E-state index in [9.17, 15) is 4.79 Å². The van der Waals surface area contributed by atoms with Crippen molar-refractivity contribution in [2.75, 3.05) is 6.61 Å². The number of hydrogen-bond acceptors (Lipinski definition) is 6. The molecule has 7 heteroatoms. The highest BCUT2D eigenvalue weighted by Crippen LogP contribution is 2.39. The molecule has 1 aliphatic rings. The first-order valence-corrected chi connectivity index (χ1v) is 8.34. The lowest BCUT2D eigenvalue weighted by Gasteiger charge is -2.32. The van der Waals surface area contributed by atoms with Crippen molar-refractivity contribution < 1.29 is 23.6 Å². The molecule has 1 fully saturated rings. The van der Waals surface area contributed by atoms with Crippen LogP contribution < -0.4 is 14.3 Å². The second-order valence-electron chi connectivity index (χ2n) is 6.15. The van der Waals surface area contributed by atoms with Gasteiger partial charge in [0.25, 0.3) is 0 Å². The van der Waals surface area contributed by atoms with Crippen LogP contribution in [-0.4, -0.2) is 30.9 Å². The van der Waals surface area contributed by atoms with Crippen LogP contribution in [0.5, 0.6) is 10.8 Å². The molecule has 0 unspecified atom stereocenters. The molecule has 0 radical (unpaired) electrons. The van der Waals surface area contributed by atoms with E-state index in [0.717, 1.165) is 4.78 Å². The zero-order valence-electron chi connectivity index (χ0n) is 14.0.